The third-order valence-electron chi connectivity index (χ3n) is 5.00. The number of hydrogen-bond acceptors (Lipinski definition) is 7. The topological polar surface area (TPSA) is 208 Å². The first-order valence-electron chi connectivity index (χ1n) is 10.7. The van der Waals surface area contributed by atoms with E-state index in [0.29, 0.717) is 5.56 Å². The number of aliphatic carboxylic acids is 2. The molecule has 0 spiro atoms. The smallest absolute Gasteiger partial charge is 0.326 e. The first kappa shape index (κ1) is 28.4. The van der Waals surface area contributed by atoms with Crippen molar-refractivity contribution in [3.63, 3.8) is 0 Å². The molecule has 0 heterocycles. The van der Waals surface area contributed by atoms with Crippen molar-refractivity contribution in [2.75, 3.05) is 0 Å². The van der Waals surface area contributed by atoms with Crippen molar-refractivity contribution in [3.8, 4) is 5.75 Å². The SMILES string of the molecule is CC(C)[C@H](NC(=O)[C@H](C)NC(=O)[C@H](Cc1ccc(O)cc1)NC(=O)[C@@H](N)CCC(=O)O)C(=O)O. The number of phenols is 1. The molecule has 12 nitrogen and oxygen atoms in total. The third kappa shape index (κ3) is 9.45. The van der Waals surface area contributed by atoms with Gasteiger partial charge in [-0.25, -0.2) is 4.79 Å². The number of rotatable bonds is 13. The number of benzene rings is 1. The van der Waals surface area contributed by atoms with Crippen LogP contribution in [0.5, 0.6) is 5.75 Å². The van der Waals surface area contributed by atoms with Crippen LogP contribution in [-0.2, 0) is 30.4 Å². The van der Waals surface area contributed by atoms with Gasteiger partial charge in [0, 0.05) is 12.8 Å². The van der Waals surface area contributed by atoms with Gasteiger partial charge in [-0.15, -0.1) is 0 Å². The van der Waals surface area contributed by atoms with Crippen LogP contribution in [0.2, 0.25) is 0 Å². The molecule has 188 valence electrons. The molecule has 12 heteroatoms. The maximum atomic E-state index is 12.9. The van der Waals surface area contributed by atoms with Gasteiger partial charge in [0.25, 0.3) is 0 Å². The van der Waals surface area contributed by atoms with Crippen molar-refractivity contribution in [1.82, 2.24) is 16.0 Å². The summed E-state index contributed by atoms with van der Waals surface area (Å²) in [7, 11) is 0. The van der Waals surface area contributed by atoms with Gasteiger partial charge >= 0.3 is 11.9 Å². The van der Waals surface area contributed by atoms with Crippen molar-refractivity contribution in [3.05, 3.63) is 29.8 Å². The molecule has 0 aromatic heterocycles. The highest BCUT2D eigenvalue weighted by molar-refractivity contribution is 5.94. The zero-order valence-corrected chi connectivity index (χ0v) is 19.3. The molecule has 0 saturated heterocycles. The number of carbonyl (C=O) groups excluding carboxylic acids is 3. The van der Waals surface area contributed by atoms with Crippen LogP contribution >= 0.6 is 0 Å². The summed E-state index contributed by atoms with van der Waals surface area (Å²) in [4.78, 5) is 59.8. The van der Waals surface area contributed by atoms with Crippen LogP contribution in [0.3, 0.4) is 0 Å². The number of aromatic hydroxyl groups is 1. The minimum Gasteiger partial charge on any atom is -0.508 e. The minimum absolute atomic E-state index is 0.00732. The van der Waals surface area contributed by atoms with Crippen LogP contribution in [0.25, 0.3) is 0 Å². The Morgan fingerprint density at radius 2 is 1.47 bits per heavy atom. The van der Waals surface area contributed by atoms with E-state index in [4.69, 9.17) is 10.8 Å². The second kappa shape index (κ2) is 13.1. The van der Waals surface area contributed by atoms with Crippen LogP contribution in [0.1, 0.15) is 39.2 Å². The highest BCUT2D eigenvalue weighted by atomic mass is 16.4. The summed E-state index contributed by atoms with van der Waals surface area (Å²) in [6.07, 6.45) is -0.484. The highest BCUT2D eigenvalue weighted by Crippen LogP contribution is 2.12. The molecule has 0 aliphatic rings. The molecular weight excluding hydrogens is 448 g/mol. The standard InChI is InChI=1S/C22H32N4O8/c1-11(2)18(22(33)34)26-19(30)12(3)24-21(32)16(10-13-4-6-14(27)7-5-13)25-20(31)15(23)8-9-17(28)29/h4-7,11-12,15-16,18,27H,8-10,23H2,1-3H3,(H,24,32)(H,25,31)(H,26,30)(H,28,29)(H,33,34)/t12-,15-,16-,18-/m0/s1. The highest BCUT2D eigenvalue weighted by Gasteiger charge is 2.29. The Kier molecular flexibility index (Phi) is 11.0. The summed E-state index contributed by atoms with van der Waals surface area (Å²) >= 11 is 0. The first-order valence-corrected chi connectivity index (χ1v) is 10.7. The van der Waals surface area contributed by atoms with Crippen molar-refractivity contribution < 1.29 is 39.3 Å². The van der Waals surface area contributed by atoms with Crippen LogP contribution in [0.15, 0.2) is 24.3 Å². The lowest BCUT2D eigenvalue weighted by atomic mass is 10.0. The molecule has 8 N–H and O–H groups in total. The lowest BCUT2D eigenvalue weighted by Crippen LogP contribution is -2.57. The Bertz CT molecular complexity index is 887. The lowest BCUT2D eigenvalue weighted by molar-refractivity contribution is -0.143. The summed E-state index contributed by atoms with van der Waals surface area (Å²) in [6, 6.07) is 1.28. The molecular formula is C22H32N4O8. The van der Waals surface area contributed by atoms with Crippen LogP contribution < -0.4 is 21.7 Å². The van der Waals surface area contributed by atoms with E-state index in [1.165, 1.54) is 19.1 Å². The average Bonchev–Trinajstić information content (AvgIpc) is 2.75. The molecule has 0 fully saturated rings. The Hall–Kier alpha value is -3.67. The number of hydrogen-bond donors (Lipinski definition) is 7. The fourth-order valence-electron chi connectivity index (χ4n) is 2.94. The van der Waals surface area contributed by atoms with Crippen LogP contribution in [0, 0.1) is 5.92 Å². The van der Waals surface area contributed by atoms with Gasteiger partial charge in [0.2, 0.25) is 17.7 Å². The first-order chi connectivity index (χ1) is 15.8. The zero-order chi connectivity index (χ0) is 26.0. The zero-order valence-electron chi connectivity index (χ0n) is 19.3. The maximum absolute atomic E-state index is 12.9. The molecule has 1 rings (SSSR count). The number of carboxylic acid groups (broad SMARTS) is 2. The second-order valence-electron chi connectivity index (χ2n) is 8.27. The molecule has 0 saturated carbocycles. The van der Waals surface area contributed by atoms with Gasteiger partial charge in [-0.1, -0.05) is 26.0 Å². The maximum Gasteiger partial charge on any atom is 0.326 e. The predicted molar refractivity (Wildman–Crippen MR) is 121 cm³/mol. The van der Waals surface area contributed by atoms with Gasteiger partial charge in [0.15, 0.2) is 0 Å². The fourth-order valence-corrected chi connectivity index (χ4v) is 2.94. The van der Waals surface area contributed by atoms with E-state index in [9.17, 15) is 34.2 Å². The molecule has 0 aliphatic carbocycles. The van der Waals surface area contributed by atoms with E-state index in [1.54, 1.807) is 26.0 Å². The molecule has 1 aromatic carbocycles. The molecule has 0 unspecified atom stereocenters. The van der Waals surface area contributed by atoms with E-state index in [-0.39, 0.29) is 25.0 Å². The van der Waals surface area contributed by atoms with Crippen molar-refractivity contribution in [2.24, 2.45) is 11.7 Å². The van der Waals surface area contributed by atoms with E-state index < -0.39 is 59.7 Å². The van der Waals surface area contributed by atoms with Gasteiger partial charge in [-0.2, -0.15) is 0 Å². The van der Waals surface area contributed by atoms with Gasteiger partial charge in [-0.05, 0) is 37.0 Å². The van der Waals surface area contributed by atoms with Crippen LogP contribution in [0.4, 0.5) is 0 Å². The number of carbonyl (C=O) groups is 5. The Morgan fingerprint density at radius 1 is 0.882 bits per heavy atom. The van der Waals surface area contributed by atoms with Gasteiger partial charge in [0.05, 0.1) is 6.04 Å². The summed E-state index contributed by atoms with van der Waals surface area (Å²) in [5.74, 6) is -4.92. The summed E-state index contributed by atoms with van der Waals surface area (Å²) < 4.78 is 0. The van der Waals surface area contributed by atoms with Crippen LogP contribution in [-0.4, -0.2) is 69.1 Å². The molecule has 34 heavy (non-hydrogen) atoms. The van der Waals surface area contributed by atoms with Crippen molar-refractivity contribution in [1.29, 1.82) is 0 Å². The van der Waals surface area contributed by atoms with E-state index in [1.807, 2.05) is 0 Å². The number of carboxylic acids is 2. The lowest BCUT2D eigenvalue weighted by Gasteiger charge is -2.24. The number of nitrogens with one attached hydrogen (secondary N) is 3. The Morgan fingerprint density at radius 3 is 1.97 bits per heavy atom. The van der Waals surface area contributed by atoms with Gasteiger partial charge in [-0.3, -0.25) is 19.2 Å². The summed E-state index contributed by atoms with van der Waals surface area (Å²) in [5, 5.41) is 34.7. The number of amides is 3. The molecule has 4 atom stereocenters. The van der Waals surface area contributed by atoms with Gasteiger partial charge in [0.1, 0.15) is 23.9 Å². The predicted octanol–water partition coefficient (Wildman–Crippen LogP) is -0.658. The van der Waals surface area contributed by atoms with Crippen molar-refractivity contribution >= 4 is 29.7 Å². The Balaban J connectivity index is 2.94. The number of nitrogens with two attached hydrogens (primary N) is 1. The largest absolute Gasteiger partial charge is 0.508 e. The molecule has 3 amide bonds. The monoisotopic (exact) mass is 480 g/mol. The molecule has 0 bridgehead atoms. The van der Waals surface area contributed by atoms with E-state index in [2.05, 4.69) is 16.0 Å². The fraction of sp³-hybridized carbons (Fsp3) is 0.500. The minimum atomic E-state index is -1.21. The molecule has 0 radical (unpaired) electrons. The number of phenolic OH excluding ortho intramolecular Hbond substituents is 1. The Labute approximate surface area is 196 Å². The molecule has 1 aromatic rings. The summed E-state index contributed by atoms with van der Waals surface area (Å²) in [6.45, 7) is 4.61. The van der Waals surface area contributed by atoms with E-state index in [0.717, 1.165) is 0 Å². The van der Waals surface area contributed by atoms with E-state index >= 15 is 0 Å². The molecule has 0 aliphatic heterocycles. The second-order valence-corrected chi connectivity index (χ2v) is 8.27. The third-order valence-corrected chi connectivity index (χ3v) is 5.00. The van der Waals surface area contributed by atoms with Crippen molar-refractivity contribution in [2.45, 2.75) is 64.2 Å². The van der Waals surface area contributed by atoms with Gasteiger partial charge < -0.3 is 37.0 Å². The average molecular weight is 481 g/mol. The summed E-state index contributed by atoms with van der Waals surface area (Å²) in [5.41, 5.74) is 6.31. The quantitative estimate of drug-likeness (QED) is 0.191. The normalized spacial score (nSPS) is 14.4.